The van der Waals surface area contributed by atoms with Crippen molar-refractivity contribution in [2.24, 2.45) is 23.5 Å². The number of hydrogen-bond acceptors (Lipinski definition) is 2. The van der Waals surface area contributed by atoms with Crippen LogP contribution in [0, 0.1) is 17.8 Å². The van der Waals surface area contributed by atoms with Gasteiger partial charge in [-0.25, -0.2) is 0 Å². The van der Waals surface area contributed by atoms with E-state index in [1.54, 1.807) is 0 Å². The van der Waals surface area contributed by atoms with Crippen molar-refractivity contribution in [2.45, 2.75) is 57.4 Å². The van der Waals surface area contributed by atoms with Crippen LogP contribution in [0.15, 0.2) is 18.2 Å². The van der Waals surface area contributed by atoms with Crippen LogP contribution >= 0.6 is 0 Å². The summed E-state index contributed by atoms with van der Waals surface area (Å²) in [7, 11) is 0. The van der Waals surface area contributed by atoms with Crippen LogP contribution in [-0.4, -0.2) is 12.6 Å². The van der Waals surface area contributed by atoms with E-state index in [4.69, 9.17) is 10.5 Å². The van der Waals surface area contributed by atoms with Crippen molar-refractivity contribution in [2.75, 3.05) is 6.61 Å². The Morgan fingerprint density at radius 2 is 2.19 bits per heavy atom. The smallest absolute Gasteiger partial charge is 0.122 e. The molecule has 1 aliphatic heterocycles. The number of rotatable bonds is 5. The molecule has 0 amide bonds. The third kappa shape index (κ3) is 2.83. The van der Waals surface area contributed by atoms with Gasteiger partial charge in [0.1, 0.15) is 5.75 Å². The molecule has 4 rings (SSSR count). The molecule has 1 aromatic carbocycles. The lowest BCUT2D eigenvalue weighted by atomic mass is 9.83. The largest absolute Gasteiger partial charge is 0.493 e. The quantitative estimate of drug-likeness (QED) is 0.895. The van der Waals surface area contributed by atoms with Crippen molar-refractivity contribution in [3.05, 3.63) is 29.3 Å². The van der Waals surface area contributed by atoms with Crippen molar-refractivity contribution >= 4 is 0 Å². The Kier molecular flexibility index (Phi) is 3.66. The van der Waals surface area contributed by atoms with E-state index in [9.17, 15) is 0 Å². The Hall–Kier alpha value is -1.02. The van der Waals surface area contributed by atoms with Gasteiger partial charge in [0.15, 0.2) is 0 Å². The lowest BCUT2D eigenvalue weighted by Crippen LogP contribution is -2.26. The van der Waals surface area contributed by atoms with E-state index >= 15 is 0 Å². The van der Waals surface area contributed by atoms with Crippen molar-refractivity contribution < 1.29 is 4.74 Å². The third-order valence-corrected chi connectivity index (χ3v) is 6.05. The lowest BCUT2D eigenvalue weighted by molar-refractivity contribution is 0.290. The molecule has 0 saturated heterocycles. The molecule has 114 valence electrons. The predicted octanol–water partition coefficient (Wildman–Crippen LogP) is 3.71. The van der Waals surface area contributed by atoms with Crippen LogP contribution in [0.2, 0.25) is 0 Å². The first-order chi connectivity index (χ1) is 10.3. The highest BCUT2D eigenvalue weighted by Crippen LogP contribution is 2.49. The number of hydrogen-bond donors (Lipinski definition) is 1. The highest BCUT2D eigenvalue weighted by atomic mass is 16.5. The van der Waals surface area contributed by atoms with Crippen molar-refractivity contribution in [1.82, 2.24) is 0 Å². The van der Waals surface area contributed by atoms with Gasteiger partial charge < -0.3 is 10.5 Å². The van der Waals surface area contributed by atoms with Gasteiger partial charge in [0.25, 0.3) is 0 Å². The number of nitrogens with two attached hydrogens (primary N) is 1. The molecule has 0 aromatic heterocycles. The molecule has 1 aromatic rings. The molecular formula is C19H27NO. The molecule has 4 atom stereocenters. The summed E-state index contributed by atoms with van der Waals surface area (Å²) in [5.74, 6) is 4.08. The lowest BCUT2D eigenvalue weighted by Gasteiger charge is -2.24. The summed E-state index contributed by atoms with van der Waals surface area (Å²) in [5, 5.41) is 0. The first kappa shape index (κ1) is 13.6. The predicted molar refractivity (Wildman–Crippen MR) is 85.5 cm³/mol. The van der Waals surface area contributed by atoms with Gasteiger partial charge in [-0.15, -0.1) is 0 Å². The van der Waals surface area contributed by atoms with Gasteiger partial charge in [0.2, 0.25) is 0 Å². The Morgan fingerprint density at radius 3 is 3.00 bits per heavy atom. The van der Waals surface area contributed by atoms with Crippen LogP contribution < -0.4 is 10.5 Å². The Balaban J connectivity index is 1.28. The zero-order valence-corrected chi connectivity index (χ0v) is 12.9. The maximum absolute atomic E-state index is 6.42. The van der Waals surface area contributed by atoms with Gasteiger partial charge in [-0.1, -0.05) is 18.6 Å². The molecule has 2 fully saturated rings. The monoisotopic (exact) mass is 285 g/mol. The molecule has 2 N–H and O–H groups in total. The summed E-state index contributed by atoms with van der Waals surface area (Å²) in [5.41, 5.74) is 9.24. The zero-order valence-electron chi connectivity index (χ0n) is 12.9. The average Bonchev–Trinajstić information content (AvgIpc) is 3.20. The van der Waals surface area contributed by atoms with Gasteiger partial charge in [-0.2, -0.15) is 0 Å². The Bertz CT molecular complexity index is 512. The van der Waals surface area contributed by atoms with Gasteiger partial charge in [-0.3, -0.25) is 0 Å². The number of aryl methyl sites for hydroxylation is 1. The molecule has 2 aliphatic carbocycles. The fraction of sp³-hybridized carbons (Fsp3) is 0.684. The summed E-state index contributed by atoms with van der Waals surface area (Å²) in [6, 6.07) is 7.07. The summed E-state index contributed by atoms with van der Waals surface area (Å²) in [6.45, 7) is 0.850. The molecule has 4 unspecified atom stereocenters. The number of ether oxygens (including phenoxy) is 1. The summed E-state index contributed by atoms with van der Waals surface area (Å²) >= 11 is 0. The summed E-state index contributed by atoms with van der Waals surface area (Å²) in [4.78, 5) is 0. The van der Waals surface area contributed by atoms with E-state index in [-0.39, 0.29) is 0 Å². The minimum absolute atomic E-state index is 0.388. The minimum Gasteiger partial charge on any atom is -0.493 e. The standard InChI is InChI=1S/C19H27NO/c20-18(12-17-11-14-1-4-15(17)10-14)5-2-13-3-6-19-16(9-13)7-8-21-19/h3,6,9,14-15,17-18H,1-2,4-5,7-8,10-12,20H2. The maximum Gasteiger partial charge on any atom is 0.122 e. The molecule has 2 saturated carbocycles. The van der Waals surface area contributed by atoms with Crippen LogP contribution in [-0.2, 0) is 12.8 Å². The van der Waals surface area contributed by atoms with Crippen molar-refractivity contribution in [3.8, 4) is 5.75 Å². The van der Waals surface area contributed by atoms with E-state index in [2.05, 4.69) is 18.2 Å². The average molecular weight is 285 g/mol. The van der Waals surface area contributed by atoms with Crippen molar-refractivity contribution in [1.29, 1.82) is 0 Å². The van der Waals surface area contributed by atoms with E-state index in [1.165, 1.54) is 43.2 Å². The highest BCUT2D eigenvalue weighted by molar-refractivity contribution is 5.39. The highest BCUT2D eigenvalue weighted by Gasteiger charge is 2.39. The SMILES string of the molecule is NC(CCc1ccc2c(c1)CCO2)CC1CC2CCC1C2. The van der Waals surface area contributed by atoms with Crippen molar-refractivity contribution in [3.63, 3.8) is 0 Å². The topological polar surface area (TPSA) is 35.2 Å². The third-order valence-electron chi connectivity index (χ3n) is 6.05. The van der Waals surface area contributed by atoms with Gasteiger partial charge in [0.05, 0.1) is 6.61 Å². The Labute approximate surface area is 128 Å². The second-order valence-electron chi connectivity index (χ2n) is 7.51. The molecular weight excluding hydrogens is 258 g/mol. The number of fused-ring (bicyclic) bond motifs is 3. The van der Waals surface area contributed by atoms with Gasteiger partial charge >= 0.3 is 0 Å². The van der Waals surface area contributed by atoms with E-state index in [0.29, 0.717) is 6.04 Å². The molecule has 0 radical (unpaired) electrons. The maximum atomic E-state index is 6.42. The fourth-order valence-corrected chi connectivity index (χ4v) is 4.92. The first-order valence-corrected chi connectivity index (χ1v) is 8.78. The first-order valence-electron chi connectivity index (χ1n) is 8.78. The molecule has 2 heteroatoms. The van der Waals surface area contributed by atoms with Crippen LogP contribution in [0.5, 0.6) is 5.75 Å². The van der Waals surface area contributed by atoms with Gasteiger partial charge in [0, 0.05) is 12.5 Å². The molecule has 2 bridgehead atoms. The second-order valence-corrected chi connectivity index (χ2v) is 7.51. The van der Waals surface area contributed by atoms with Crippen LogP contribution in [0.1, 0.15) is 49.7 Å². The van der Waals surface area contributed by atoms with E-state index in [1.807, 2.05) is 0 Å². The van der Waals surface area contributed by atoms with Crippen LogP contribution in [0.3, 0.4) is 0 Å². The molecule has 1 heterocycles. The van der Waals surface area contributed by atoms with Crippen LogP contribution in [0.25, 0.3) is 0 Å². The minimum atomic E-state index is 0.388. The molecule has 2 nitrogen and oxygen atoms in total. The zero-order chi connectivity index (χ0) is 14.2. The fourth-order valence-electron chi connectivity index (χ4n) is 4.92. The van der Waals surface area contributed by atoms with E-state index in [0.717, 1.165) is 49.4 Å². The number of benzene rings is 1. The molecule has 3 aliphatic rings. The molecule has 0 spiro atoms. The van der Waals surface area contributed by atoms with Gasteiger partial charge in [-0.05, 0) is 73.5 Å². The Morgan fingerprint density at radius 1 is 1.24 bits per heavy atom. The summed E-state index contributed by atoms with van der Waals surface area (Å²) in [6.07, 6.45) is 10.5. The van der Waals surface area contributed by atoms with E-state index < -0.39 is 0 Å². The van der Waals surface area contributed by atoms with Crippen LogP contribution in [0.4, 0.5) is 0 Å². The normalized spacial score (nSPS) is 31.2. The molecule has 21 heavy (non-hydrogen) atoms. The summed E-state index contributed by atoms with van der Waals surface area (Å²) < 4.78 is 5.57. The second kappa shape index (κ2) is 5.64.